The molecule has 0 aromatic heterocycles. The average molecular weight is 478 g/mol. The van der Waals surface area contributed by atoms with Crippen molar-refractivity contribution in [3.05, 3.63) is 46.4 Å². The van der Waals surface area contributed by atoms with Crippen molar-refractivity contribution in [1.82, 2.24) is 4.31 Å². The highest BCUT2D eigenvalue weighted by Gasteiger charge is 2.35. The van der Waals surface area contributed by atoms with Crippen LogP contribution in [0.3, 0.4) is 0 Å². The largest absolute Gasteiger partial charge is 0.616 e. The molecule has 1 fully saturated rings. The van der Waals surface area contributed by atoms with Crippen LogP contribution in [0.4, 0.5) is 16.2 Å². The summed E-state index contributed by atoms with van der Waals surface area (Å²) in [6.45, 7) is 0.102. The number of sulfonamides is 1. The summed E-state index contributed by atoms with van der Waals surface area (Å²) in [7, 11) is -4.15. The van der Waals surface area contributed by atoms with E-state index in [-0.39, 0.29) is 35.3 Å². The lowest BCUT2D eigenvalue weighted by Gasteiger charge is -2.28. The van der Waals surface area contributed by atoms with E-state index < -0.39 is 37.9 Å². The molecule has 29 heavy (non-hydrogen) atoms. The molecular formula is C17H17Cl2N3O5S2. The van der Waals surface area contributed by atoms with E-state index >= 15 is 0 Å². The Morgan fingerprint density at radius 2 is 1.66 bits per heavy atom. The molecule has 3 rings (SSSR count). The third kappa shape index (κ3) is 4.90. The van der Waals surface area contributed by atoms with Crippen LogP contribution >= 0.6 is 23.2 Å². The first-order valence-electron chi connectivity index (χ1n) is 8.39. The number of carbonyl (C=O) groups excluding carboxylic acids is 1. The molecule has 1 saturated heterocycles. The molecular weight excluding hydrogens is 461 g/mol. The Kier molecular flexibility index (Phi) is 6.82. The van der Waals surface area contributed by atoms with Gasteiger partial charge < -0.3 is 20.3 Å². The lowest BCUT2D eigenvalue weighted by molar-refractivity contribution is 0.262. The van der Waals surface area contributed by atoms with Crippen LogP contribution in [-0.4, -0.2) is 53.0 Å². The second kappa shape index (κ2) is 8.99. The highest BCUT2D eigenvalue weighted by molar-refractivity contribution is 7.92. The zero-order valence-electron chi connectivity index (χ0n) is 14.9. The van der Waals surface area contributed by atoms with Gasteiger partial charge in [0.05, 0.1) is 34.5 Å². The monoisotopic (exact) mass is 477 g/mol. The van der Waals surface area contributed by atoms with E-state index in [0.717, 1.165) is 4.31 Å². The number of aromatic hydroxyl groups is 1. The zero-order valence-corrected chi connectivity index (χ0v) is 18.0. The second-order valence-electron chi connectivity index (χ2n) is 6.08. The number of nitrogens with zero attached hydrogens (tertiary/aromatic N) is 1. The number of urea groups is 1. The summed E-state index contributed by atoms with van der Waals surface area (Å²) in [5, 5.41) is 15.6. The van der Waals surface area contributed by atoms with E-state index in [2.05, 4.69) is 10.6 Å². The van der Waals surface area contributed by atoms with Crippen LogP contribution in [0.2, 0.25) is 10.0 Å². The number of hydrogen-bond acceptors (Lipinski definition) is 5. The predicted molar refractivity (Wildman–Crippen MR) is 114 cm³/mol. The lowest BCUT2D eigenvalue weighted by atomic mass is 10.3. The maximum atomic E-state index is 12.9. The number of benzene rings is 2. The van der Waals surface area contributed by atoms with Crippen molar-refractivity contribution < 1.29 is 22.9 Å². The van der Waals surface area contributed by atoms with Crippen LogP contribution in [0, 0.1) is 0 Å². The van der Waals surface area contributed by atoms with Gasteiger partial charge in [0.15, 0.2) is 5.75 Å². The molecule has 3 N–H and O–H groups in total. The van der Waals surface area contributed by atoms with E-state index in [9.17, 15) is 22.9 Å². The molecule has 2 amide bonds. The van der Waals surface area contributed by atoms with Crippen LogP contribution in [0.15, 0.2) is 41.3 Å². The number of carbonyl (C=O) groups is 1. The maximum absolute atomic E-state index is 12.9. The molecule has 12 heteroatoms. The summed E-state index contributed by atoms with van der Waals surface area (Å²) in [4.78, 5) is 11.7. The fourth-order valence-corrected chi connectivity index (χ4v) is 6.22. The summed E-state index contributed by atoms with van der Waals surface area (Å²) in [5.74, 6) is -0.274. The first-order valence-corrected chi connectivity index (χ1v) is 12.1. The number of hydrogen-bond donors (Lipinski definition) is 3. The van der Waals surface area contributed by atoms with Crippen molar-refractivity contribution in [3.8, 4) is 5.75 Å². The Bertz CT molecular complexity index is 1030. The normalized spacial score (nSPS) is 15.8. The second-order valence-corrected chi connectivity index (χ2v) is 10.5. The van der Waals surface area contributed by atoms with Gasteiger partial charge in [0, 0.05) is 0 Å². The van der Waals surface area contributed by atoms with Gasteiger partial charge in [-0.3, -0.25) is 0 Å². The van der Waals surface area contributed by atoms with Crippen LogP contribution in [0.1, 0.15) is 0 Å². The van der Waals surface area contributed by atoms with Crippen molar-refractivity contribution in [3.63, 3.8) is 0 Å². The summed E-state index contributed by atoms with van der Waals surface area (Å²) >= 11 is 11.0. The Morgan fingerprint density at radius 3 is 2.31 bits per heavy atom. The van der Waals surface area contributed by atoms with Crippen molar-refractivity contribution in [2.45, 2.75) is 4.90 Å². The number of amides is 2. The molecule has 1 heterocycles. The molecule has 0 bridgehead atoms. The van der Waals surface area contributed by atoms with Gasteiger partial charge in [-0.15, -0.1) is 0 Å². The average Bonchev–Trinajstić information content (AvgIpc) is 2.66. The van der Waals surface area contributed by atoms with Gasteiger partial charge in [0.1, 0.15) is 16.4 Å². The molecule has 156 valence electrons. The zero-order chi connectivity index (χ0) is 21.2. The van der Waals surface area contributed by atoms with E-state index in [1.165, 1.54) is 12.1 Å². The first kappa shape index (κ1) is 22.0. The number of nitrogens with one attached hydrogen (secondary N) is 2. The molecule has 8 nitrogen and oxygen atoms in total. The molecule has 2 aromatic carbocycles. The predicted octanol–water partition coefficient (Wildman–Crippen LogP) is 3.10. The highest BCUT2D eigenvalue weighted by atomic mass is 35.5. The van der Waals surface area contributed by atoms with Crippen molar-refractivity contribution in [1.29, 1.82) is 0 Å². The van der Waals surface area contributed by atoms with Gasteiger partial charge in [-0.2, -0.15) is 4.31 Å². The van der Waals surface area contributed by atoms with Gasteiger partial charge >= 0.3 is 6.03 Å². The molecule has 0 saturated carbocycles. The number of para-hydroxylation sites is 1. The fraction of sp³-hybridized carbons (Fsp3) is 0.235. The number of rotatable bonds is 4. The topological polar surface area (TPSA) is 122 Å². The maximum Gasteiger partial charge on any atom is 0.323 e. The van der Waals surface area contributed by atoms with Crippen LogP contribution in [0.5, 0.6) is 5.75 Å². The van der Waals surface area contributed by atoms with E-state index in [1.807, 2.05) is 0 Å². The van der Waals surface area contributed by atoms with Crippen LogP contribution in [0.25, 0.3) is 0 Å². The molecule has 1 aliphatic heterocycles. The Labute approximate surface area is 181 Å². The summed E-state index contributed by atoms with van der Waals surface area (Å²) < 4.78 is 38.5. The lowest BCUT2D eigenvalue weighted by Crippen LogP contribution is -2.43. The molecule has 0 unspecified atom stereocenters. The number of phenolic OH excluding ortho intramolecular Hbond substituents is 1. The molecule has 0 aliphatic carbocycles. The minimum Gasteiger partial charge on any atom is -0.616 e. The smallest absolute Gasteiger partial charge is 0.323 e. The van der Waals surface area contributed by atoms with E-state index in [1.54, 1.807) is 24.3 Å². The van der Waals surface area contributed by atoms with Crippen molar-refractivity contribution in [2.75, 3.05) is 35.2 Å². The van der Waals surface area contributed by atoms with Gasteiger partial charge in [-0.05, 0) is 24.3 Å². The molecule has 2 aromatic rings. The highest BCUT2D eigenvalue weighted by Crippen LogP contribution is 2.39. The quantitative estimate of drug-likeness (QED) is 0.461. The number of anilines is 2. The minimum absolute atomic E-state index is 0.0510. The SMILES string of the molecule is O=C(Nc1ccccc1Cl)Nc1ccc(Cl)c(S(=O)(=O)N2CC[S+]([O-])CC2)c1O. The fourth-order valence-electron chi connectivity index (χ4n) is 2.72. The Hall–Kier alpha value is -1.69. The summed E-state index contributed by atoms with van der Waals surface area (Å²) in [5.41, 5.74) is 0.201. The number of halogens is 2. The molecule has 0 atom stereocenters. The van der Waals surface area contributed by atoms with Crippen molar-refractivity contribution >= 4 is 61.8 Å². The number of phenols is 1. The van der Waals surface area contributed by atoms with Crippen molar-refractivity contribution in [2.24, 2.45) is 0 Å². The van der Waals surface area contributed by atoms with Gasteiger partial charge in [0.25, 0.3) is 0 Å². The third-order valence-corrected chi connectivity index (χ3v) is 8.19. The molecule has 0 spiro atoms. The third-order valence-electron chi connectivity index (χ3n) is 4.19. The van der Waals surface area contributed by atoms with Gasteiger partial charge in [-0.25, -0.2) is 13.2 Å². The van der Waals surface area contributed by atoms with Crippen LogP contribution < -0.4 is 10.6 Å². The van der Waals surface area contributed by atoms with Crippen LogP contribution in [-0.2, 0) is 21.2 Å². The van der Waals surface area contributed by atoms with E-state index in [0.29, 0.717) is 10.7 Å². The van der Waals surface area contributed by atoms with Gasteiger partial charge in [0.2, 0.25) is 10.0 Å². The minimum atomic E-state index is -4.15. The standard InChI is InChI=1S/C17H17Cl2N3O5S2/c18-11-3-1-2-4-13(11)20-17(24)21-14-6-5-12(19)16(15(14)23)29(26,27)22-7-9-28(25)10-8-22/h1-6,23H,7-10H2,(H2,20,21,24). The Balaban J connectivity index is 1.85. The summed E-state index contributed by atoms with van der Waals surface area (Å²) in [6.07, 6.45) is 0. The molecule has 1 aliphatic rings. The van der Waals surface area contributed by atoms with Gasteiger partial charge in [-0.1, -0.05) is 46.5 Å². The molecule has 0 radical (unpaired) electrons. The summed E-state index contributed by atoms with van der Waals surface area (Å²) in [6, 6.07) is 8.37. The Morgan fingerprint density at radius 1 is 1.03 bits per heavy atom. The first-order chi connectivity index (χ1) is 13.7. The van der Waals surface area contributed by atoms with E-state index in [4.69, 9.17) is 23.2 Å².